The average Bonchev–Trinajstić information content (AvgIpc) is 2.60. The molecule has 0 aromatic heterocycles. The average molecular weight is 236 g/mol. The molecule has 0 aromatic rings. The van der Waals surface area contributed by atoms with E-state index in [0.29, 0.717) is 5.41 Å². The van der Waals surface area contributed by atoms with Gasteiger partial charge in [-0.25, -0.2) is 4.79 Å². The van der Waals surface area contributed by atoms with Crippen LogP contribution >= 0.6 is 0 Å². The summed E-state index contributed by atoms with van der Waals surface area (Å²) in [5.41, 5.74) is 1.88. The number of urea groups is 1. The van der Waals surface area contributed by atoms with Crippen LogP contribution in [0.2, 0.25) is 0 Å². The maximum Gasteiger partial charge on any atom is 0.320 e. The molecule has 2 heterocycles. The van der Waals surface area contributed by atoms with Gasteiger partial charge in [0.2, 0.25) is 0 Å². The molecule has 0 N–H and O–H groups in total. The van der Waals surface area contributed by atoms with E-state index >= 15 is 0 Å². The third kappa shape index (κ3) is 2.48. The molecule has 0 aliphatic carbocycles. The van der Waals surface area contributed by atoms with Gasteiger partial charge in [-0.2, -0.15) is 0 Å². The summed E-state index contributed by atoms with van der Waals surface area (Å²) in [6.45, 7) is 14.4. The molecule has 3 nitrogen and oxygen atoms in total. The highest BCUT2D eigenvalue weighted by molar-refractivity contribution is 5.76. The van der Waals surface area contributed by atoms with E-state index in [-0.39, 0.29) is 11.4 Å². The van der Waals surface area contributed by atoms with Crippen molar-refractivity contribution in [2.24, 2.45) is 10.8 Å². The topological polar surface area (TPSA) is 23.6 Å². The van der Waals surface area contributed by atoms with Crippen molar-refractivity contribution in [3.8, 4) is 0 Å². The van der Waals surface area contributed by atoms with E-state index in [0.717, 1.165) is 26.2 Å². The number of amides is 2. The molecule has 0 aromatic carbocycles. The predicted molar refractivity (Wildman–Crippen MR) is 69.9 cm³/mol. The Morgan fingerprint density at radius 3 is 2.24 bits per heavy atom. The molecule has 2 rings (SSSR count). The molecule has 0 unspecified atom stereocenters. The first kappa shape index (κ1) is 12.5. The van der Waals surface area contributed by atoms with Crippen LogP contribution in [-0.2, 0) is 0 Å². The van der Waals surface area contributed by atoms with E-state index in [1.807, 2.05) is 9.80 Å². The van der Waals surface area contributed by atoms with Crippen molar-refractivity contribution in [1.82, 2.24) is 9.80 Å². The van der Waals surface area contributed by atoms with Crippen molar-refractivity contribution in [3.05, 3.63) is 11.6 Å². The number of carbonyl (C=O) groups is 1. The summed E-state index contributed by atoms with van der Waals surface area (Å²) in [7, 11) is 0. The second-order valence-corrected chi connectivity index (χ2v) is 7.16. The van der Waals surface area contributed by atoms with E-state index in [2.05, 4.69) is 40.7 Å². The van der Waals surface area contributed by atoms with Crippen molar-refractivity contribution >= 4 is 6.03 Å². The largest absolute Gasteiger partial charge is 0.323 e. The lowest BCUT2D eigenvalue weighted by atomic mass is 9.85. The van der Waals surface area contributed by atoms with Gasteiger partial charge in [-0.1, -0.05) is 40.7 Å². The minimum absolute atomic E-state index is 0.184. The number of nitrogens with zero attached hydrogens (tertiary/aromatic N) is 2. The molecule has 3 heteroatoms. The van der Waals surface area contributed by atoms with Gasteiger partial charge in [-0.05, 0) is 11.0 Å². The summed E-state index contributed by atoms with van der Waals surface area (Å²) in [5.74, 6) is 0. The van der Waals surface area contributed by atoms with Crippen LogP contribution in [0.4, 0.5) is 4.79 Å². The molecule has 0 saturated carbocycles. The fraction of sp³-hybridized carbons (Fsp3) is 0.786. The lowest BCUT2D eigenvalue weighted by Crippen LogP contribution is -2.58. The van der Waals surface area contributed by atoms with E-state index < -0.39 is 0 Å². The van der Waals surface area contributed by atoms with Crippen LogP contribution in [0.3, 0.4) is 0 Å². The standard InChI is InChI=1S/C14H24N2O/c1-13(2,3)11-6-7-15(8-11)12(17)16-9-14(4,5)10-16/h6H,7-10H2,1-5H3. The lowest BCUT2D eigenvalue weighted by Gasteiger charge is -2.47. The van der Waals surface area contributed by atoms with Gasteiger partial charge in [0.25, 0.3) is 0 Å². The molecule has 96 valence electrons. The molecular weight excluding hydrogens is 212 g/mol. The summed E-state index contributed by atoms with van der Waals surface area (Å²) in [6.07, 6.45) is 2.21. The van der Waals surface area contributed by atoms with Crippen molar-refractivity contribution in [2.75, 3.05) is 26.2 Å². The molecule has 2 aliphatic rings. The lowest BCUT2D eigenvalue weighted by molar-refractivity contribution is 0.0460. The van der Waals surface area contributed by atoms with Gasteiger partial charge >= 0.3 is 6.03 Å². The van der Waals surface area contributed by atoms with Gasteiger partial charge in [-0.3, -0.25) is 0 Å². The van der Waals surface area contributed by atoms with Gasteiger partial charge in [0, 0.05) is 31.6 Å². The Hall–Kier alpha value is -0.990. The fourth-order valence-electron chi connectivity index (χ4n) is 2.57. The van der Waals surface area contributed by atoms with Crippen LogP contribution in [-0.4, -0.2) is 42.0 Å². The summed E-state index contributed by atoms with van der Waals surface area (Å²) in [5, 5.41) is 0. The fourth-order valence-corrected chi connectivity index (χ4v) is 2.57. The Morgan fingerprint density at radius 2 is 1.82 bits per heavy atom. The van der Waals surface area contributed by atoms with Gasteiger partial charge in [-0.15, -0.1) is 0 Å². The summed E-state index contributed by atoms with van der Waals surface area (Å²) < 4.78 is 0. The molecule has 0 radical (unpaired) electrons. The van der Waals surface area contributed by atoms with Gasteiger partial charge < -0.3 is 9.80 Å². The summed E-state index contributed by atoms with van der Waals surface area (Å²) in [4.78, 5) is 16.1. The van der Waals surface area contributed by atoms with Crippen molar-refractivity contribution in [3.63, 3.8) is 0 Å². The van der Waals surface area contributed by atoms with Crippen LogP contribution in [0.15, 0.2) is 11.6 Å². The van der Waals surface area contributed by atoms with Gasteiger partial charge in [0.15, 0.2) is 0 Å². The third-order valence-corrected chi connectivity index (χ3v) is 3.66. The third-order valence-electron chi connectivity index (χ3n) is 3.66. The molecule has 0 atom stereocenters. The number of carbonyl (C=O) groups excluding carboxylic acids is 1. The number of hydrogen-bond acceptors (Lipinski definition) is 1. The van der Waals surface area contributed by atoms with Gasteiger partial charge in [0.05, 0.1) is 0 Å². The Morgan fingerprint density at radius 1 is 1.24 bits per heavy atom. The minimum Gasteiger partial charge on any atom is -0.323 e. The highest BCUT2D eigenvalue weighted by Crippen LogP contribution is 2.32. The van der Waals surface area contributed by atoms with Gasteiger partial charge in [0.1, 0.15) is 0 Å². The maximum atomic E-state index is 12.2. The zero-order valence-corrected chi connectivity index (χ0v) is 11.7. The second-order valence-electron chi connectivity index (χ2n) is 7.16. The Bertz CT molecular complexity index is 355. The first-order valence-electron chi connectivity index (χ1n) is 6.42. The minimum atomic E-state index is 0.184. The first-order valence-corrected chi connectivity index (χ1v) is 6.42. The summed E-state index contributed by atoms with van der Waals surface area (Å²) in [6, 6.07) is 0.208. The van der Waals surface area contributed by atoms with Crippen LogP contribution in [0, 0.1) is 10.8 Å². The van der Waals surface area contributed by atoms with Crippen molar-refractivity contribution in [1.29, 1.82) is 0 Å². The van der Waals surface area contributed by atoms with Crippen molar-refractivity contribution < 1.29 is 4.79 Å². The summed E-state index contributed by atoms with van der Waals surface area (Å²) >= 11 is 0. The Balaban J connectivity index is 1.89. The molecule has 2 aliphatic heterocycles. The molecule has 0 spiro atoms. The van der Waals surface area contributed by atoms with E-state index in [1.165, 1.54) is 5.57 Å². The van der Waals surface area contributed by atoms with Crippen molar-refractivity contribution in [2.45, 2.75) is 34.6 Å². The Labute approximate surface area is 104 Å². The van der Waals surface area contributed by atoms with Crippen LogP contribution in [0.5, 0.6) is 0 Å². The maximum absolute atomic E-state index is 12.2. The van der Waals surface area contributed by atoms with E-state index in [4.69, 9.17) is 0 Å². The number of hydrogen-bond donors (Lipinski definition) is 0. The highest BCUT2D eigenvalue weighted by atomic mass is 16.2. The number of rotatable bonds is 0. The Kier molecular flexibility index (Phi) is 2.75. The quantitative estimate of drug-likeness (QED) is 0.593. The highest BCUT2D eigenvalue weighted by Gasteiger charge is 2.40. The zero-order valence-electron chi connectivity index (χ0n) is 11.7. The molecule has 1 fully saturated rings. The molecule has 0 bridgehead atoms. The molecule has 2 amide bonds. The molecule has 1 saturated heterocycles. The molecule has 17 heavy (non-hydrogen) atoms. The normalized spacial score (nSPS) is 23.5. The first-order chi connectivity index (χ1) is 7.69. The number of likely N-dealkylation sites (tertiary alicyclic amines) is 1. The molecular formula is C14H24N2O. The van der Waals surface area contributed by atoms with E-state index in [1.54, 1.807) is 0 Å². The zero-order chi connectivity index (χ0) is 12.8. The smallest absolute Gasteiger partial charge is 0.320 e. The van der Waals surface area contributed by atoms with Crippen LogP contribution < -0.4 is 0 Å². The SMILES string of the molecule is CC1(C)CN(C(=O)N2CC=C(C(C)(C)C)C2)C1. The second kappa shape index (κ2) is 3.76. The monoisotopic (exact) mass is 236 g/mol. The van der Waals surface area contributed by atoms with E-state index in [9.17, 15) is 4.79 Å². The van der Waals surface area contributed by atoms with Crippen LogP contribution in [0.1, 0.15) is 34.6 Å². The van der Waals surface area contributed by atoms with Crippen LogP contribution in [0.25, 0.3) is 0 Å². The predicted octanol–water partition coefficient (Wildman–Crippen LogP) is 2.74.